The summed E-state index contributed by atoms with van der Waals surface area (Å²) < 4.78 is 0. The van der Waals surface area contributed by atoms with Gasteiger partial charge in [0.15, 0.2) is 6.23 Å². The zero-order valence-corrected chi connectivity index (χ0v) is 42.3. The van der Waals surface area contributed by atoms with Gasteiger partial charge in [0.2, 0.25) is 47.3 Å². The van der Waals surface area contributed by atoms with Crippen molar-refractivity contribution in [3.05, 3.63) is 29.8 Å². The number of primary amides is 1. The van der Waals surface area contributed by atoms with E-state index >= 15 is 0 Å². The van der Waals surface area contributed by atoms with Gasteiger partial charge in [-0.05, 0) is 31.0 Å². The van der Waals surface area contributed by atoms with E-state index in [1.165, 1.54) is 26.2 Å². The second kappa shape index (κ2) is 28.9. The number of phenols is 1. The molecule has 0 bridgehead atoms. The number of nitrogens with zero attached hydrogens (tertiary/aromatic N) is 2. The molecule has 15 atom stereocenters. The van der Waals surface area contributed by atoms with Crippen molar-refractivity contribution in [2.45, 2.75) is 202 Å². The summed E-state index contributed by atoms with van der Waals surface area (Å²) >= 11 is 0. The highest BCUT2D eigenvalue weighted by Crippen LogP contribution is 2.28. The van der Waals surface area contributed by atoms with E-state index in [0.29, 0.717) is 17.7 Å². The Labute approximate surface area is 429 Å². The fourth-order valence-corrected chi connectivity index (χ4v) is 9.50. The number of fused-ring (bicyclic) bond motifs is 2. The summed E-state index contributed by atoms with van der Waals surface area (Å²) in [4.78, 5) is 113. The number of nitrogens with one attached hydrogen (secondary N) is 5. The molecule has 3 heterocycles. The number of benzene rings is 1. The van der Waals surface area contributed by atoms with Crippen molar-refractivity contribution < 1.29 is 84.3 Å². The van der Waals surface area contributed by atoms with Gasteiger partial charge < -0.3 is 88.1 Å². The van der Waals surface area contributed by atoms with Crippen LogP contribution >= 0.6 is 0 Å². The van der Waals surface area contributed by atoms with Crippen LogP contribution in [0.5, 0.6) is 5.75 Å². The minimum atomic E-state index is -2.36. The first-order chi connectivity index (χ1) is 35.0. The average Bonchev–Trinajstić information content (AvgIpc) is 3.89. The van der Waals surface area contributed by atoms with Crippen LogP contribution in [0.4, 0.5) is 0 Å². The lowest BCUT2D eigenvalue weighted by molar-refractivity contribution is -0.149. The molecule has 1 aromatic carbocycles. The zero-order valence-electron chi connectivity index (χ0n) is 42.3. The molecule has 0 aromatic heterocycles. The van der Waals surface area contributed by atoms with Gasteiger partial charge in [0.1, 0.15) is 60.3 Å². The van der Waals surface area contributed by atoms with Crippen LogP contribution in [0.25, 0.3) is 0 Å². The Morgan fingerprint density at radius 3 is 1.84 bits per heavy atom. The normalized spacial score (nSPS) is 29.4. The third-order valence-corrected chi connectivity index (χ3v) is 13.8. The largest absolute Gasteiger partial charge is 0.508 e. The molecule has 4 rings (SSSR count). The number of amides is 8. The Hall–Kier alpha value is -5.54. The van der Waals surface area contributed by atoms with E-state index in [0.717, 1.165) is 74.6 Å². The molecule has 25 heteroatoms. The van der Waals surface area contributed by atoms with Gasteiger partial charge in [-0.1, -0.05) is 90.2 Å². The number of phenolic OH excluding ortho intramolecular Hbond substituents is 1. The SMILES string of the molecule is CCCCCCCCCCCCCC(=O)NC1CC(O)C(O)NC(=O)C2C(O)C(C)CN2C(=O)C(C(O)CC(N)=O)NC(=O)C(C(O)C(O)c2ccc(O)cc2)NC(=O)C2CC(O)CN2C(=O)C(C(C)O)NC1=O. The van der Waals surface area contributed by atoms with Crippen molar-refractivity contribution in [1.29, 1.82) is 0 Å². The quantitative estimate of drug-likeness (QED) is 0.0561. The summed E-state index contributed by atoms with van der Waals surface area (Å²) in [6, 6.07) is -7.41. The molecule has 0 radical (unpaired) electrons. The number of unbranched alkanes of at least 4 members (excludes halogenated alkanes) is 10. The predicted octanol–water partition coefficient (Wildman–Crippen LogP) is -3.59. The van der Waals surface area contributed by atoms with Gasteiger partial charge >= 0.3 is 0 Å². The number of rotatable bonds is 20. The summed E-state index contributed by atoms with van der Waals surface area (Å²) in [5, 5.41) is 111. The van der Waals surface area contributed by atoms with Gasteiger partial charge in [0.05, 0.1) is 30.8 Å². The van der Waals surface area contributed by atoms with Crippen LogP contribution in [0.2, 0.25) is 0 Å². The molecule has 0 spiro atoms. The maximum Gasteiger partial charge on any atom is 0.248 e. The van der Waals surface area contributed by atoms with E-state index in [1.54, 1.807) is 0 Å². The van der Waals surface area contributed by atoms with Crippen LogP contribution in [0.1, 0.15) is 129 Å². The third kappa shape index (κ3) is 17.0. The first-order valence-electron chi connectivity index (χ1n) is 25.6. The molecule has 74 heavy (non-hydrogen) atoms. The van der Waals surface area contributed by atoms with Gasteiger partial charge in [-0.15, -0.1) is 0 Å². The van der Waals surface area contributed by atoms with Crippen molar-refractivity contribution in [2.24, 2.45) is 11.7 Å². The predicted molar refractivity (Wildman–Crippen MR) is 261 cm³/mol. The topological polar surface area (TPSA) is 411 Å². The van der Waals surface area contributed by atoms with E-state index in [1.807, 2.05) is 0 Å². The molecule has 16 N–H and O–H groups in total. The highest BCUT2D eigenvalue weighted by atomic mass is 16.3. The van der Waals surface area contributed by atoms with Gasteiger partial charge in [0.25, 0.3) is 0 Å². The molecule has 25 nitrogen and oxygen atoms in total. The number of aromatic hydroxyl groups is 1. The average molecular weight is 1050 g/mol. The Balaban J connectivity index is 1.73. The fraction of sp³-hybridized carbons (Fsp3) is 0.714. The maximum absolute atomic E-state index is 14.5. The van der Waals surface area contributed by atoms with Crippen molar-refractivity contribution in [3.8, 4) is 5.75 Å². The fourth-order valence-electron chi connectivity index (χ4n) is 9.50. The van der Waals surface area contributed by atoms with Gasteiger partial charge in [-0.25, -0.2) is 0 Å². The minimum absolute atomic E-state index is 0.0762. The lowest BCUT2D eigenvalue weighted by Crippen LogP contribution is -2.64. The van der Waals surface area contributed by atoms with E-state index in [4.69, 9.17) is 5.73 Å². The van der Waals surface area contributed by atoms with E-state index in [-0.39, 0.29) is 17.7 Å². The molecule has 3 aliphatic heterocycles. The molecule has 416 valence electrons. The number of hydrogen-bond acceptors (Lipinski definition) is 17. The van der Waals surface area contributed by atoms with Crippen LogP contribution in [0, 0.1) is 5.92 Å². The molecule has 0 aliphatic carbocycles. The standard InChI is InChI=1S/C49H78N8O17/c1-4-5-6-7-8-9-10-11-12-13-14-15-35(64)51-30-21-33(62)45(70)55-47(72)39-40(65)25(2)23-57(39)49(74)37(32(61)22-34(50)63)53-46(71)38(42(67)41(66)27-16-18-28(59)19-17-27)54-44(69)31-20-29(60)24-56(31)48(73)36(26(3)58)52-43(30)68/h16-19,25-26,29-33,36-42,45,58-62,65-67,70H,4-15,20-24H2,1-3H3,(H2,50,63)(H,51,64)(H,52,68)(H,53,71)(H,54,69)(H,55,72). The number of carbonyl (C=O) groups excluding carboxylic acids is 8. The molecular weight excluding hydrogens is 973 g/mol. The molecule has 3 saturated heterocycles. The molecule has 15 unspecified atom stereocenters. The van der Waals surface area contributed by atoms with Crippen LogP contribution < -0.4 is 32.3 Å². The van der Waals surface area contributed by atoms with E-state index < -0.39 is 171 Å². The maximum atomic E-state index is 14.5. The minimum Gasteiger partial charge on any atom is -0.508 e. The smallest absolute Gasteiger partial charge is 0.248 e. The van der Waals surface area contributed by atoms with Crippen molar-refractivity contribution in [1.82, 2.24) is 36.4 Å². The number of nitrogens with two attached hydrogens (primary N) is 1. The molecule has 0 saturated carbocycles. The molecule has 3 fully saturated rings. The zero-order chi connectivity index (χ0) is 55.0. The molecule has 1 aromatic rings. The number of carbonyl (C=O) groups is 8. The van der Waals surface area contributed by atoms with Crippen molar-refractivity contribution in [3.63, 3.8) is 0 Å². The van der Waals surface area contributed by atoms with Crippen LogP contribution in [0.15, 0.2) is 24.3 Å². The van der Waals surface area contributed by atoms with Crippen molar-refractivity contribution >= 4 is 47.3 Å². The van der Waals surface area contributed by atoms with Crippen LogP contribution in [-0.4, -0.2) is 195 Å². The number of aliphatic hydroxyl groups is 8. The highest BCUT2D eigenvalue weighted by Gasteiger charge is 2.50. The Morgan fingerprint density at radius 1 is 0.703 bits per heavy atom. The van der Waals surface area contributed by atoms with Gasteiger partial charge in [0, 0.05) is 38.3 Å². The second-order valence-electron chi connectivity index (χ2n) is 19.9. The van der Waals surface area contributed by atoms with Gasteiger partial charge in [-0.3, -0.25) is 38.4 Å². The molecular formula is C49H78N8O17. The van der Waals surface area contributed by atoms with Crippen LogP contribution in [0.3, 0.4) is 0 Å². The van der Waals surface area contributed by atoms with Gasteiger partial charge in [-0.2, -0.15) is 0 Å². The number of hydrogen-bond donors (Lipinski definition) is 15. The highest BCUT2D eigenvalue weighted by molar-refractivity contribution is 5.98. The van der Waals surface area contributed by atoms with Crippen molar-refractivity contribution in [2.75, 3.05) is 13.1 Å². The first-order valence-corrected chi connectivity index (χ1v) is 25.6. The van der Waals surface area contributed by atoms with Crippen LogP contribution in [-0.2, 0) is 38.4 Å². The summed E-state index contributed by atoms with van der Waals surface area (Å²) in [7, 11) is 0. The van der Waals surface area contributed by atoms with E-state index in [9.17, 15) is 84.3 Å². The summed E-state index contributed by atoms with van der Waals surface area (Å²) in [6.45, 7) is 3.63. The Morgan fingerprint density at radius 2 is 1.26 bits per heavy atom. The summed E-state index contributed by atoms with van der Waals surface area (Å²) in [5.41, 5.74) is 5.23. The second-order valence-corrected chi connectivity index (χ2v) is 19.9. The molecule has 8 amide bonds. The Kier molecular flexibility index (Phi) is 23.9. The third-order valence-electron chi connectivity index (χ3n) is 13.8. The number of aliphatic hydroxyl groups excluding tert-OH is 8. The molecule has 3 aliphatic rings. The summed E-state index contributed by atoms with van der Waals surface area (Å²) in [5.74, 6) is -10.8. The lowest BCUT2D eigenvalue weighted by atomic mass is 9.96. The first kappa shape index (κ1) is 61.0. The summed E-state index contributed by atoms with van der Waals surface area (Å²) in [6.07, 6.45) is -7.38. The Bertz CT molecular complexity index is 2070. The lowest BCUT2D eigenvalue weighted by Gasteiger charge is -2.34. The van der Waals surface area contributed by atoms with E-state index in [2.05, 4.69) is 33.5 Å². The monoisotopic (exact) mass is 1050 g/mol.